The molecule has 2 heterocycles. The van der Waals surface area contributed by atoms with Crippen molar-refractivity contribution in [2.45, 2.75) is 77.8 Å². The van der Waals surface area contributed by atoms with Crippen LogP contribution in [0.1, 0.15) is 77.3 Å². The van der Waals surface area contributed by atoms with Gasteiger partial charge in [0, 0.05) is 5.56 Å². The Morgan fingerprint density at radius 2 is 1.82 bits per heavy atom. The first-order chi connectivity index (χ1) is 16.3. The van der Waals surface area contributed by atoms with Gasteiger partial charge in [-0.15, -0.1) is 5.10 Å². The number of ether oxygens (including phenoxy) is 1. The number of rotatable bonds is 10. The van der Waals surface area contributed by atoms with Crippen LogP contribution in [0.2, 0.25) is 0 Å². The molecule has 2 unspecified atom stereocenters. The summed E-state index contributed by atoms with van der Waals surface area (Å²) >= 11 is 0. The molecule has 34 heavy (non-hydrogen) atoms. The monoisotopic (exact) mass is 477 g/mol. The number of carbonyl (C=O) groups excluding carboxylic acids is 1. The second-order valence-corrected chi connectivity index (χ2v) is 9.26. The molecule has 3 N–H and O–H groups in total. The highest BCUT2D eigenvalue weighted by Crippen LogP contribution is 2.50. The van der Waals surface area contributed by atoms with Crippen LogP contribution in [0, 0.1) is 29.5 Å². The van der Waals surface area contributed by atoms with Gasteiger partial charge in [0.15, 0.2) is 0 Å². The Hall–Kier alpha value is -2.55. The number of nitrogens with zero attached hydrogens (tertiary/aromatic N) is 3. The van der Waals surface area contributed by atoms with E-state index in [0.29, 0.717) is 23.8 Å². The number of halogens is 2. The lowest BCUT2D eigenvalue weighted by molar-refractivity contribution is -0.118. The number of aromatic nitrogens is 3. The number of carbonyl (C=O) groups is 1. The lowest BCUT2D eigenvalue weighted by atomic mass is 9.89. The van der Waals surface area contributed by atoms with E-state index in [2.05, 4.69) is 29.2 Å². The minimum atomic E-state index is -0.813. The third-order valence-electron chi connectivity index (χ3n) is 6.60. The van der Waals surface area contributed by atoms with E-state index in [4.69, 9.17) is 10.5 Å². The zero-order valence-corrected chi connectivity index (χ0v) is 20.6. The molecule has 1 amide bonds. The Labute approximate surface area is 200 Å². The maximum Gasteiger partial charge on any atom is 0.256 e. The summed E-state index contributed by atoms with van der Waals surface area (Å²) in [6, 6.07) is 0.119. The molecule has 0 bridgehead atoms. The molecule has 0 saturated heterocycles. The quantitative estimate of drug-likeness (QED) is 0.498. The first-order valence-electron chi connectivity index (χ1n) is 12.3. The molecule has 0 spiro atoms. The van der Waals surface area contributed by atoms with Crippen LogP contribution in [0.5, 0.6) is 5.88 Å². The average Bonchev–Trinajstić information content (AvgIpc) is 3.76. The smallest absolute Gasteiger partial charge is 0.256 e. The third-order valence-corrected chi connectivity index (χ3v) is 6.60. The summed E-state index contributed by atoms with van der Waals surface area (Å²) < 4.78 is 34.9. The minimum absolute atomic E-state index is 0.0393. The molecule has 2 aromatic heterocycles. The van der Waals surface area contributed by atoms with Crippen molar-refractivity contribution in [2.24, 2.45) is 23.5 Å². The van der Waals surface area contributed by atoms with Gasteiger partial charge >= 0.3 is 0 Å². The van der Waals surface area contributed by atoms with Gasteiger partial charge in [0.05, 0.1) is 31.6 Å². The number of anilines is 1. The lowest BCUT2D eigenvalue weighted by Gasteiger charge is -2.22. The molecule has 2 aliphatic carbocycles. The van der Waals surface area contributed by atoms with Gasteiger partial charge in [-0.05, 0) is 55.9 Å². The fourth-order valence-corrected chi connectivity index (χ4v) is 4.34. The Morgan fingerprint density at radius 1 is 1.21 bits per heavy atom. The van der Waals surface area contributed by atoms with Crippen LogP contribution in [-0.4, -0.2) is 33.8 Å². The summed E-state index contributed by atoms with van der Waals surface area (Å²) in [5.74, 6) is -0.325. The molecule has 7 nitrogen and oxygen atoms in total. The van der Waals surface area contributed by atoms with Crippen molar-refractivity contribution in [3.05, 3.63) is 35.8 Å². The van der Waals surface area contributed by atoms with Gasteiger partial charge in [-0.25, -0.2) is 9.37 Å². The summed E-state index contributed by atoms with van der Waals surface area (Å²) in [4.78, 5) is 16.7. The standard InChI is InChI=1S/C21H27F2N5O2.C4H10/c1-3-16(14-8-13(22)9-25-21(14)30-2)28-10-15(19(23)27-28)26-20(29)18(24)17(11-4-5-11)12-6-7-12;1-3-4-2/h8-12,16-18H,3-7,24H2,1-2H3,(H,26,29);3-4H2,1-2H3. The van der Waals surface area contributed by atoms with E-state index in [0.717, 1.165) is 31.9 Å². The van der Waals surface area contributed by atoms with E-state index in [1.54, 1.807) is 0 Å². The average molecular weight is 478 g/mol. The second kappa shape index (κ2) is 11.7. The molecular weight excluding hydrogens is 440 g/mol. The van der Waals surface area contributed by atoms with Crippen molar-refractivity contribution >= 4 is 11.6 Å². The summed E-state index contributed by atoms with van der Waals surface area (Å²) in [6.45, 7) is 6.22. The number of amides is 1. The SMILES string of the molecule is CCC(c1cc(F)cnc1OC)n1cc(NC(=O)C(N)C(C2CC2)C2CC2)c(F)n1.CCCC. The van der Waals surface area contributed by atoms with Crippen LogP contribution >= 0.6 is 0 Å². The molecule has 2 aromatic rings. The molecule has 2 saturated carbocycles. The molecule has 0 aliphatic heterocycles. The topological polar surface area (TPSA) is 95.1 Å². The van der Waals surface area contributed by atoms with Crippen molar-refractivity contribution in [2.75, 3.05) is 12.4 Å². The molecule has 2 aliphatic rings. The van der Waals surface area contributed by atoms with Gasteiger partial charge in [0.25, 0.3) is 5.95 Å². The van der Waals surface area contributed by atoms with Crippen molar-refractivity contribution in [3.63, 3.8) is 0 Å². The van der Waals surface area contributed by atoms with Crippen LogP contribution < -0.4 is 15.8 Å². The predicted molar refractivity (Wildman–Crippen MR) is 127 cm³/mol. The molecule has 4 rings (SSSR count). The third kappa shape index (κ3) is 6.31. The molecule has 188 valence electrons. The zero-order chi connectivity index (χ0) is 24.8. The summed E-state index contributed by atoms with van der Waals surface area (Å²) in [6.07, 6.45) is 10.0. The normalized spacial score (nSPS) is 17.1. The van der Waals surface area contributed by atoms with Crippen molar-refractivity contribution < 1.29 is 18.3 Å². The second-order valence-electron chi connectivity index (χ2n) is 9.26. The highest BCUT2D eigenvalue weighted by atomic mass is 19.1. The van der Waals surface area contributed by atoms with Gasteiger partial charge < -0.3 is 15.8 Å². The van der Waals surface area contributed by atoms with Crippen LogP contribution in [0.25, 0.3) is 0 Å². The largest absolute Gasteiger partial charge is 0.481 e. The Kier molecular flexibility index (Phi) is 8.99. The van der Waals surface area contributed by atoms with E-state index in [1.165, 1.54) is 36.9 Å². The minimum Gasteiger partial charge on any atom is -0.481 e. The molecule has 0 aromatic carbocycles. The van der Waals surface area contributed by atoms with E-state index in [1.807, 2.05) is 6.92 Å². The molecule has 9 heteroatoms. The van der Waals surface area contributed by atoms with Crippen molar-refractivity contribution in [1.82, 2.24) is 14.8 Å². The fourth-order valence-electron chi connectivity index (χ4n) is 4.34. The van der Waals surface area contributed by atoms with E-state index in [-0.39, 0.29) is 17.5 Å². The molecule has 2 fully saturated rings. The number of nitrogens with one attached hydrogen (secondary N) is 1. The first-order valence-corrected chi connectivity index (χ1v) is 12.3. The van der Waals surface area contributed by atoms with Gasteiger partial charge in [-0.3, -0.25) is 9.48 Å². The van der Waals surface area contributed by atoms with Crippen LogP contribution in [0.4, 0.5) is 14.5 Å². The number of unbranched alkanes of at least 4 members (excludes halogenated alkanes) is 1. The molecular formula is C25H37F2N5O2. The Morgan fingerprint density at radius 3 is 2.32 bits per heavy atom. The lowest BCUT2D eigenvalue weighted by Crippen LogP contribution is -2.43. The number of nitrogens with two attached hydrogens (primary N) is 1. The maximum atomic E-state index is 14.5. The summed E-state index contributed by atoms with van der Waals surface area (Å²) in [5.41, 5.74) is 6.66. The molecule has 2 atom stereocenters. The first kappa shape index (κ1) is 26.1. The van der Waals surface area contributed by atoms with E-state index in [9.17, 15) is 13.6 Å². The van der Waals surface area contributed by atoms with Gasteiger partial charge in [0.2, 0.25) is 11.8 Å². The number of hydrogen-bond acceptors (Lipinski definition) is 5. The van der Waals surface area contributed by atoms with Gasteiger partial charge in [-0.1, -0.05) is 33.6 Å². The summed E-state index contributed by atoms with van der Waals surface area (Å²) in [5, 5.41) is 6.51. The Bertz CT molecular complexity index is 945. The maximum absolute atomic E-state index is 14.5. The van der Waals surface area contributed by atoms with E-state index >= 15 is 0 Å². The van der Waals surface area contributed by atoms with E-state index < -0.39 is 29.8 Å². The van der Waals surface area contributed by atoms with Crippen LogP contribution in [-0.2, 0) is 4.79 Å². The predicted octanol–water partition coefficient (Wildman–Crippen LogP) is 5.07. The van der Waals surface area contributed by atoms with Gasteiger partial charge in [-0.2, -0.15) is 4.39 Å². The van der Waals surface area contributed by atoms with Crippen molar-refractivity contribution in [3.8, 4) is 5.88 Å². The number of methoxy groups -OCH3 is 1. The summed E-state index contributed by atoms with van der Waals surface area (Å²) in [7, 11) is 1.43. The van der Waals surface area contributed by atoms with Crippen LogP contribution in [0.3, 0.4) is 0 Å². The van der Waals surface area contributed by atoms with Crippen LogP contribution in [0.15, 0.2) is 18.5 Å². The highest BCUT2D eigenvalue weighted by molar-refractivity contribution is 5.94. The van der Waals surface area contributed by atoms with Gasteiger partial charge in [0.1, 0.15) is 11.5 Å². The Balaban J connectivity index is 0.000000751. The number of pyridine rings is 1. The zero-order valence-electron chi connectivity index (χ0n) is 20.6. The molecule has 0 radical (unpaired) electrons. The van der Waals surface area contributed by atoms with Crippen molar-refractivity contribution in [1.29, 1.82) is 0 Å². The fraction of sp³-hybridized carbons (Fsp3) is 0.640. The highest BCUT2D eigenvalue weighted by Gasteiger charge is 2.46. The number of hydrogen-bond donors (Lipinski definition) is 2.